The highest BCUT2D eigenvalue weighted by Gasteiger charge is 2.06. The monoisotopic (exact) mass is 283 g/mol. The average molecular weight is 283 g/mol. The molecule has 1 amide bonds. The van der Waals surface area contributed by atoms with Gasteiger partial charge in [-0.15, -0.1) is 0 Å². The van der Waals surface area contributed by atoms with Crippen LogP contribution in [0.3, 0.4) is 0 Å². The van der Waals surface area contributed by atoms with E-state index in [1.54, 1.807) is 0 Å². The number of hydrogen-bond donors (Lipinski definition) is 1. The van der Waals surface area contributed by atoms with Gasteiger partial charge in [-0.1, -0.05) is 48.5 Å². The number of carbonyl (C=O) groups is 1. The van der Waals surface area contributed by atoms with Gasteiger partial charge in [0, 0.05) is 13.0 Å². The van der Waals surface area contributed by atoms with Gasteiger partial charge in [-0.2, -0.15) is 0 Å². The van der Waals surface area contributed by atoms with Crippen LogP contribution in [0.25, 0.3) is 0 Å². The minimum absolute atomic E-state index is 0.0603. The van der Waals surface area contributed by atoms with Crippen LogP contribution in [-0.4, -0.2) is 12.5 Å². The van der Waals surface area contributed by atoms with E-state index in [9.17, 15) is 4.79 Å². The van der Waals surface area contributed by atoms with Crippen LogP contribution in [0.2, 0.25) is 0 Å². The molecule has 0 aromatic heterocycles. The van der Waals surface area contributed by atoms with Crippen LogP contribution in [0.5, 0.6) is 5.75 Å². The second kappa shape index (κ2) is 8.10. The summed E-state index contributed by atoms with van der Waals surface area (Å²) in [6.45, 7) is 3.17. The number of benzene rings is 2. The van der Waals surface area contributed by atoms with Gasteiger partial charge >= 0.3 is 0 Å². The zero-order chi connectivity index (χ0) is 14.9. The highest BCUT2D eigenvalue weighted by atomic mass is 16.5. The van der Waals surface area contributed by atoms with E-state index in [4.69, 9.17) is 4.74 Å². The lowest BCUT2D eigenvalue weighted by molar-refractivity contribution is -0.121. The number of rotatable bonds is 7. The van der Waals surface area contributed by atoms with Crippen molar-refractivity contribution in [3.05, 3.63) is 65.7 Å². The first-order valence-corrected chi connectivity index (χ1v) is 7.31. The lowest BCUT2D eigenvalue weighted by atomic mass is 10.1. The molecule has 0 radical (unpaired) electrons. The van der Waals surface area contributed by atoms with Gasteiger partial charge in [0.1, 0.15) is 5.75 Å². The van der Waals surface area contributed by atoms with Crippen molar-refractivity contribution in [2.24, 2.45) is 0 Å². The molecule has 3 heteroatoms. The van der Waals surface area contributed by atoms with E-state index in [1.165, 1.54) is 0 Å². The second-order valence-electron chi connectivity index (χ2n) is 4.80. The van der Waals surface area contributed by atoms with E-state index in [0.717, 1.165) is 16.9 Å². The summed E-state index contributed by atoms with van der Waals surface area (Å²) in [4.78, 5) is 11.9. The molecule has 21 heavy (non-hydrogen) atoms. The summed E-state index contributed by atoms with van der Waals surface area (Å²) >= 11 is 0. The zero-order valence-corrected chi connectivity index (χ0v) is 12.3. The third-order valence-electron chi connectivity index (χ3n) is 3.23. The van der Waals surface area contributed by atoms with Crippen LogP contribution in [0, 0.1) is 0 Å². The van der Waals surface area contributed by atoms with Gasteiger partial charge in [0.25, 0.3) is 0 Å². The molecule has 0 aliphatic rings. The lowest BCUT2D eigenvalue weighted by Crippen LogP contribution is -2.23. The molecule has 0 spiro atoms. The first kappa shape index (κ1) is 15.1. The summed E-state index contributed by atoms with van der Waals surface area (Å²) in [6.07, 6.45) is 1.16. The number of nitrogens with one attached hydrogen (secondary N) is 1. The molecule has 2 aromatic rings. The van der Waals surface area contributed by atoms with Crippen LogP contribution in [0.1, 0.15) is 24.5 Å². The summed E-state index contributed by atoms with van der Waals surface area (Å²) in [5, 5.41) is 2.94. The molecule has 0 heterocycles. The lowest BCUT2D eigenvalue weighted by Gasteiger charge is -2.10. The van der Waals surface area contributed by atoms with Crippen LogP contribution < -0.4 is 10.1 Å². The second-order valence-corrected chi connectivity index (χ2v) is 4.80. The predicted octanol–water partition coefficient (Wildman–Crippen LogP) is 3.33. The summed E-state index contributed by atoms with van der Waals surface area (Å²) in [5.74, 6) is 0.931. The van der Waals surface area contributed by atoms with Gasteiger partial charge < -0.3 is 10.1 Å². The van der Waals surface area contributed by atoms with Gasteiger partial charge in [-0.3, -0.25) is 4.79 Å². The fourth-order valence-electron chi connectivity index (χ4n) is 2.14. The summed E-state index contributed by atoms with van der Waals surface area (Å²) in [6, 6.07) is 17.8. The Morgan fingerprint density at radius 2 is 1.76 bits per heavy atom. The van der Waals surface area contributed by atoms with Crippen molar-refractivity contribution >= 4 is 5.91 Å². The molecule has 0 fully saturated rings. The van der Waals surface area contributed by atoms with Crippen molar-refractivity contribution in [3.63, 3.8) is 0 Å². The van der Waals surface area contributed by atoms with E-state index >= 15 is 0 Å². The van der Waals surface area contributed by atoms with Crippen LogP contribution in [-0.2, 0) is 17.8 Å². The number of ether oxygens (including phenoxy) is 1. The molecule has 110 valence electrons. The van der Waals surface area contributed by atoms with E-state index in [1.807, 2.05) is 61.5 Å². The molecule has 1 N–H and O–H groups in total. The topological polar surface area (TPSA) is 38.3 Å². The maximum absolute atomic E-state index is 11.9. The quantitative estimate of drug-likeness (QED) is 0.846. The molecule has 0 saturated heterocycles. The first-order chi connectivity index (χ1) is 10.3. The van der Waals surface area contributed by atoms with E-state index < -0.39 is 0 Å². The molecule has 0 aliphatic heterocycles. The first-order valence-electron chi connectivity index (χ1n) is 7.31. The molecule has 0 aliphatic carbocycles. The number of hydrogen-bond acceptors (Lipinski definition) is 2. The maximum Gasteiger partial charge on any atom is 0.220 e. The number of aryl methyl sites for hydroxylation is 1. The standard InChI is InChI=1S/C18H21NO2/c1-2-21-17-11-7-6-10-16(17)12-13-18(20)19-14-15-8-4-3-5-9-15/h3-11H,2,12-14H2,1H3,(H,19,20). The molecule has 0 saturated carbocycles. The highest BCUT2D eigenvalue weighted by Crippen LogP contribution is 2.19. The molecule has 0 atom stereocenters. The van der Waals surface area contributed by atoms with Gasteiger partial charge in [-0.05, 0) is 30.5 Å². The third kappa shape index (κ3) is 4.95. The van der Waals surface area contributed by atoms with Crippen LogP contribution in [0.4, 0.5) is 0 Å². The minimum atomic E-state index is 0.0603. The molecule has 2 rings (SSSR count). The number of amides is 1. The Labute approximate surface area is 126 Å². The van der Waals surface area contributed by atoms with Crippen molar-refractivity contribution in [1.82, 2.24) is 5.32 Å². The Balaban J connectivity index is 1.81. The Morgan fingerprint density at radius 3 is 2.52 bits per heavy atom. The zero-order valence-electron chi connectivity index (χ0n) is 12.3. The summed E-state index contributed by atoms with van der Waals surface area (Å²) < 4.78 is 5.57. The van der Waals surface area contributed by atoms with E-state index in [2.05, 4.69) is 5.32 Å². The van der Waals surface area contributed by atoms with E-state index in [-0.39, 0.29) is 5.91 Å². The van der Waals surface area contributed by atoms with E-state index in [0.29, 0.717) is 26.0 Å². The maximum atomic E-state index is 11.9. The highest BCUT2D eigenvalue weighted by molar-refractivity contribution is 5.76. The minimum Gasteiger partial charge on any atom is -0.494 e. The van der Waals surface area contributed by atoms with Gasteiger partial charge in [0.05, 0.1) is 6.61 Å². The normalized spacial score (nSPS) is 10.1. The van der Waals surface area contributed by atoms with Crippen molar-refractivity contribution in [2.45, 2.75) is 26.3 Å². The average Bonchev–Trinajstić information content (AvgIpc) is 2.53. The molecular formula is C18H21NO2. The molecule has 2 aromatic carbocycles. The number of carbonyl (C=O) groups excluding carboxylic acids is 1. The number of para-hydroxylation sites is 1. The Hall–Kier alpha value is -2.29. The fourth-order valence-corrected chi connectivity index (χ4v) is 2.14. The summed E-state index contributed by atoms with van der Waals surface area (Å²) in [5.41, 5.74) is 2.19. The summed E-state index contributed by atoms with van der Waals surface area (Å²) in [7, 11) is 0. The SMILES string of the molecule is CCOc1ccccc1CCC(=O)NCc1ccccc1. The van der Waals surface area contributed by atoms with Gasteiger partial charge in [0.2, 0.25) is 5.91 Å². The van der Waals surface area contributed by atoms with Crippen LogP contribution in [0.15, 0.2) is 54.6 Å². The molecule has 0 bridgehead atoms. The van der Waals surface area contributed by atoms with Crippen molar-refractivity contribution in [1.29, 1.82) is 0 Å². The van der Waals surface area contributed by atoms with Crippen molar-refractivity contribution in [2.75, 3.05) is 6.61 Å². The van der Waals surface area contributed by atoms with Crippen molar-refractivity contribution < 1.29 is 9.53 Å². The fraction of sp³-hybridized carbons (Fsp3) is 0.278. The molecule has 0 unspecified atom stereocenters. The van der Waals surface area contributed by atoms with Crippen LogP contribution >= 0.6 is 0 Å². The Bertz CT molecular complexity index is 566. The van der Waals surface area contributed by atoms with Crippen molar-refractivity contribution in [3.8, 4) is 5.75 Å². The molecular weight excluding hydrogens is 262 g/mol. The Morgan fingerprint density at radius 1 is 1.05 bits per heavy atom. The Kier molecular flexibility index (Phi) is 5.83. The largest absolute Gasteiger partial charge is 0.494 e. The smallest absolute Gasteiger partial charge is 0.220 e. The predicted molar refractivity (Wildman–Crippen MR) is 84.2 cm³/mol. The third-order valence-corrected chi connectivity index (χ3v) is 3.23. The van der Waals surface area contributed by atoms with Gasteiger partial charge in [0.15, 0.2) is 0 Å². The molecule has 3 nitrogen and oxygen atoms in total. The van der Waals surface area contributed by atoms with Gasteiger partial charge in [-0.25, -0.2) is 0 Å².